The van der Waals surface area contributed by atoms with Gasteiger partial charge in [0.25, 0.3) is 11.8 Å². The van der Waals surface area contributed by atoms with E-state index < -0.39 is 31.1 Å². The number of ether oxygens (including phenoxy) is 2. The average Bonchev–Trinajstić information content (AvgIpc) is 3.20. The number of hydrogen-bond acceptors (Lipinski definition) is 6. The molecule has 0 saturated carbocycles. The van der Waals surface area contributed by atoms with Gasteiger partial charge in [-0.25, -0.2) is 14.4 Å². The molecule has 13 heteroatoms. The Morgan fingerprint density at radius 1 is 1.17 bits per heavy atom. The number of hydrogen-bond donors (Lipinski definition) is 2. The molecule has 1 aliphatic heterocycles. The molecule has 0 bridgehead atoms. The van der Waals surface area contributed by atoms with Gasteiger partial charge in [-0.1, -0.05) is 6.92 Å². The highest BCUT2D eigenvalue weighted by Gasteiger charge is 2.35. The summed E-state index contributed by atoms with van der Waals surface area (Å²) in [4.78, 5) is 27.4. The number of carbonyl (C=O) groups is 1. The number of aryl methyl sites for hydroxylation is 1. The van der Waals surface area contributed by atoms with E-state index >= 15 is 4.39 Å². The fourth-order valence-electron chi connectivity index (χ4n) is 4.31. The number of amides is 1. The van der Waals surface area contributed by atoms with Crippen LogP contribution in [0.5, 0.6) is 11.8 Å². The fraction of sp³-hybridized carbons (Fsp3) is 0.364. The molecule has 1 unspecified atom stereocenters. The lowest BCUT2D eigenvalue weighted by Gasteiger charge is -2.21. The maximum Gasteiger partial charge on any atom is 0.411 e. The number of H-pyrrole nitrogens is 1. The lowest BCUT2D eigenvalue weighted by molar-refractivity contribution is -0.176. The summed E-state index contributed by atoms with van der Waals surface area (Å²) in [5.41, 5.74) is 3.37. The Hall–Kier alpha value is -3.25. The summed E-state index contributed by atoms with van der Waals surface area (Å²) in [6.45, 7) is 0.393. The molecule has 4 heterocycles. The smallest absolute Gasteiger partial charge is 0.411 e. The number of nitrogens with zero attached hydrogens (tertiary/aromatic N) is 3. The fourth-order valence-corrected chi connectivity index (χ4v) is 4.44. The molecule has 1 amide bonds. The monoisotopic (exact) mass is 511 g/mol. The van der Waals surface area contributed by atoms with Gasteiger partial charge in [-0.3, -0.25) is 4.79 Å². The zero-order chi connectivity index (χ0) is 24.9. The summed E-state index contributed by atoms with van der Waals surface area (Å²) in [5.74, 6) is -1.71. The zero-order valence-corrected chi connectivity index (χ0v) is 19.0. The van der Waals surface area contributed by atoms with Crippen molar-refractivity contribution in [3.05, 3.63) is 51.4 Å². The lowest BCUT2D eigenvalue weighted by Crippen LogP contribution is -2.34. The Labute approximate surface area is 201 Å². The van der Waals surface area contributed by atoms with E-state index in [9.17, 15) is 18.0 Å². The van der Waals surface area contributed by atoms with E-state index in [4.69, 9.17) is 16.3 Å². The molecule has 0 saturated heterocycles. The SMILES string of the molecule is CC1CNC(=O)c2c1[nH]c1c2CCc2cnc(Oc3nc(Cl)ncc3COCC(F)(F)F)c(F)c2-1. The molecular weight excluding hydrogens is 494 g/mol. The first-order chi connectivity index (χ1) is 16.6. The number of pyridine rings is 1. The van der Waals surface area contributed by atoms with Gasteiger partial charge in [-0.05, 0) is 35.6 Å². The third-order valence-corrected chi connectivity index (χ3v) is 6.08. The molecule has 0 aromatic carbocycles. The van der Waals surface area contributed by atoms with Gasteiger partial charge < -0.3 is 19.8 Å². The number of rotatable bonds is 5. The molecule has 2 aliphatic rings. The third-order valence-electron chi connectivity index (χ3n) is 5.89. The Kier molecular flexibility index (Phi) is 5.88. The van der Waals surface area contributed by atoms with Gasteiger partial charge in [0.2, 0.25) is 11.2 Å². The minimum absolute atomic E-state index is 0.0269. The standard InChI is InChI=1S/C22H18ClF4N5O3/c1-9-4-28-18(33)14-12-3-2-10-5-29-20(15(24)13(10)17(12)31-16(9)14)35-19-11(6-30-21(23)32-19)7-34-8-22(25,26)27/h5-6,9,31H,2-4,7-8H2,1H3,(H,28,33). The number of aromatic nitrogens is 4. The van der Waals surface area contributed by atoms with Crippen molar-refractivity contribution in [2.24, 2.45) is 0 Å². The first kappa shape index (κ1) is 23.5. The molecule has 0 fully saturated rings. The Morgan fingerprint density at radius 2 is 1.97 bits per heavy atom. The van der Waals surface area contributed by atoms with E-state index in [-0.39, 0.29) is 34.1 Å². The molecule has 35 heavy (non-hydrogen) atoms. The normalized spacial score (nSPS) is 16.9. The molecule has 3 aromatic heterocycles. The maximum atomic E-state index is 15.8. The second-order valence-corrected chi connectivity index (χ2v) is 8.67. The van der Waals surface area contributed by atoms with Gasteiger partial charge in [-0.15, -0.1) is 0 Å². The number of carbonyl (C=O) groups excluding carboxylic acids is 1. The Morgan fingerprint density at radius 3 is 2.74 bits per heavy atom. The minimum Gasteiger partial charge on any atom is -0.417 e. The summed E-state index contributed by atoms with van der Waals surface area (Å²) in [6.07, 6.45) is -0.926. The van der Waals surface area contributed by atoms with E-state index in [2.05, 4.69) is 30.0 Å². The van der Waals surface area contributed by atoms with Gasteiger partial charge in [0.15, 0.2) is 5.82 Å². The van der Waals surface area contributed by atoms with E-state index in [0.29, 0.717) is 36.2 Å². The highest BCUT2D eigenvalue weighted by Crippen LogP contribution is 2.42. The predicted octanol–water partition coefficient (Wildman–Crippen LogP) is 4.48. The quantitative estimate of drug-likeness (QED) is 0.387. The second-order valence-electron chi connectivity index (χ2n) is 8.34. The van der Waals surface area contributed by atoms with Crippen LogP contribution in [-0.2, 0) is 24.2 Å². The molecule has 8 nitrogen and oxygen atoms in total. The van der Waals surface area contributed by atoms with Crippen molar-refractivity contribution in [2.45, 2.75) is 38.5 Å². The Balaban J connectivity index is 1.51. The second kappa shape index (κ2) is 8.76. The van der Waals surface area contributed by atoms with Crippen LogP contribution < -0.4 is 10.1 Å². The summed E-state index contributed by atoms with van der Waals surface area (Å²) in [6, 6.07) is 0. The molecule has 2 N–H and O–H groups in total. The van der Waals surface area contributed by atoms with Crippen molar-refractivity contribution in [3.8, 4) is 23.0 Å². The average molecular weight is 512 g/mol. The minimum atomic E-state index is -4.53. The number of alkyl halides is 3. The van der Waals surface area contributed by atoms with Gasteiger partial charge in [0, 0.05) is 36.1 Å². The molecule has 1 atom stereocenters. The van der Waals surface area contributed by atoms with Gasteiger partial charge in [0.1, 0.15) is 6.61 Å². The highest BCUT2D eigenvalue weighted by atomic mass is 35.5. The van der Waals surface area contributed by atoms with Crippen LogP contribution in [0, 0.1) is 5.82 Å². The van der Waals surface area contributed by atoms with Crippen LogP contribution >= 0.6 is 11.6 Å². The molecule has 3 aromatic rings. The first-order valence-electron chi connectivity index (χ1n) is 10.7. The van der Waals surface area contributed by atoms with Crippen molar-refractivity contribution in [3.63, 3.8) is 0 Å². The van der Waals surface area contributed by atoms with Gasteiger partial charge in [-0.2, -0.15) is 18.2 Å². The van der Waals surface area contributed by atoms with Crippen molar-refractivity contribution in [1.82, 2.24) is 25.3 Å². The number of aromatic amines is 1. The van der Waals surface area contributed by atoms with Crippen molar-refractivity contribution in [2.75, 3.05) is 13.2 Å². The van der Waals surface area contributed by atoms with Crippen LogP contribution in [0.1, 0.15) is 45.6 Å². The van der Waals surface area contributed by atoms with Crippen molar-refractivity contribution < 1.29 is 31.8 Å². The van der Waals surface area contributed by atoms with Crippen LogP contribution in [0.2, 0.25) is 5.28 Å². The maximum absolute atomic E-state index is 15.8. The predicted molar refractivity (Wildman–Crippen MR) is 115 cm³/mol. The third kappa shape index (κ3) is 4.43. The number of fused-ring (bicyclic) bond motifs is 5. The van der Waals surface area contributed by atoms with Crippen molar-refractivity contribution in [1.29, 1.82) is 0 Å². The van der Waals surface area contributed by atoms with Crippen LogP contribution in [0.3, 0.4) is 0 Å². The summed E-state index contributed by atoms with van der Waals surface area (Å²) >= 11 is 5.82. The van der Waals surface area contributed by atoms with Crippen LogP contribution in [0.15, 0.2) is 12.4 Å². The number of nitrogens with one attached hydrogen (secondary N) is 2. The summed E-state index contributed by atoms with van der Waals surface area (Å²) < 4.78 is 63.3. The molecule has 0 spiro atoms. The highest BCUT2D eigenvalue weighted by molar-refractivity contribution is 6.28. The lowest BCUT2D eigenvalue weighted by atomic mass is 9.87. The van der Waals surface area contributed by atoms with Gasteiger partial charge in [0.05, 0.1) is 23.4 Å². The molecule has 0 radical (unpaired) electrons. The Bertz CT molecular complexity index is 1330. The summed E-state index contributed by atoms with van der Waals surface area (Å²) in [5, 5.41) is 2.59. The first-order valence-corrected chi connectivity index (χ1v) is 11.0. The van der Waals surface area contributed by atoms with E-state index in [0.717, 1.165) is 17.5 Å². The molecular formula is C22H18ClF4N5O3. The van der Waals surface area contributed by atoms with E-state index in [1.807, 2.05) is 6.92 Å². The van der Waals surface area contributed by atoms with Crippen LogP contribution in [0.4, 0.5) is 17.6 Å². The van der Waals surface area contributed by atoms with Crippen LogP contribution in [0.25, 0.3) is 11.3 Å². The molecule has 184 valence electrons. The van der Waals surface area contributed by atoms with Crippen molar-refractivity contribution >= 4 is 17.5 Å². The largest absolute Gasteiger partial charge is 0.417 e. The van der Waals surface area contributed by atoms with Gasteiger partial charge >= 0.3 is 6.18 Å². The topological polar surface area (TPSA) is 102 Å². The molecule has 1 aliphatic carbocycles. The number of halogens is 5. The summed E-state index contributed by atoms with van der Waals surface area (Å²) in [7, 11) is 0. The van der Waals surface area contributed by atoms with E-state index in [1.54, 1.807) is 0 Å². The van der Waals surface area contributed by atoms with E-state index in [1.165, 1.54) is 6.20 Å². The van der Waals surface area contributed by atoms with Crippen LogP contribution in [-0.4, -0.2) is 45.2 Å². The zero-order valence-electron chi connectivity index (χ0n) is 18.2. The molecule has 5 rings (SSSR count).